The third-order valence-corrected chi connectivity index (χ3v) is 4.65. The maximum absolute atomic E-state index is 5.76. The molecule has 0 aliphatic carbocycles. The van der Waals surface area contributed by atoms with Gasteiger partial charge in [-0.15, -0.1) is 0 Å². The Bertz CT molecular complexity index is 700. The first-order valence-electron chi connectivity index (χ1n) is 8.58. The highest BCUT2D eigenvalue weighted by atomic mass is 32.1. The molecule has 4 nitrogen and oxygen atoms in total. The zero-order valence-electron chi connectivity index (χ0n) is 15.8. The maximum Gasteiger partial charge on any atom is 0.173 e. The van der Waals surface area contributed by atoms with Gasteiger partial charge in [0, 0.05) is 31.2 Å². The average molecular weight is 357 g/mol. The Balaban J connectivity index is 2.21. The van der Waals surface area contributed by atoms with E-state index in [-0.39, 0.29) is 6.04 Å². The quantitative estimate of drug-likeness (QED) is 0.790. The molecule has 0 aliphatic heterocycles. The van der Waals surface area contributed by atoms with Crippen molar-refractivity contribution in [3.63, 3.8) is 0 Å². The molecule has 1 atom stereocenters. The fraction of sp³-hybridized carbons (Fsp3) is 0.400. The molecule has 25 heavy (non-hydrogen) atoms. The van der Waals surface area contributed by atoms with Gasteiger partial charge in [-0.05, 0) is 75.9 Å². The fourth-order valence-electron chi connectivity index (χ4n) is 2.64. The topological polar surface area (TPSA) is 31.4 Å². The number of thiocarbonyl (C=S) groups is 1. The number of pyridine rings is 1. The highest BCUT2D eigenvalue weighted by molar-refractivity contribution is 7.80. The Labute approximate surface area is 156 Å². The van der Waals surface area contributed by atoms with Crippen LogP contribution in [0.5, 0.6) is 0 Å². The van der Waals surface area contributed by atoms with Gasteiger partial charge in [-0.1, -0.05) is 18.2 Å². The van der Waals surface area contributed by atoms with Gasteiger partial charge in [0.25, 0.3) is 0 Å². The maximum atomic E-state index is 5.76. The zero-order valence-corrected chi connectivity index (χ0v) is 16.6. The van der Waals surface area contributed by atoms with E-state index in [0.717, 1.165) is 29.5 Å². The standard InChI is InChI=1S/C20H28N4S/c1-15-8-9-16(2)19(13-15)22-20(25)24(12-11-23(4)5)17(3)18-7-6-10-21-14-18/h6-10,13-14,17H,11-12H2,1-5H3,(H,22,25)/t17-/m0/s1. The van der Waals surface area contributed by atoms with E-state index >= 15 is 0 Å². The van der Waals surface area contributed by atoms with E-state index < -0.39 is 0 Å². The van der Waals surface area contributed by atoms with E-state index in [9.17, 15) is 0 Å². The van der Waals surface area contributed by atoms with Crippen molar-refractivity contribution in [2.75, 3.05) is 32.5 Å². The van der Waals surface area contributed by atoms with E-state index in [1.807, 2.05) is 12.3 Å². The third-order valence-electron chi connectivity index (χ3n) is 4.32. The highest BCUT2D eigenvalue weighted by Crippen LogP contribution is 2.22. The second-order valence-electron chi connectivity index (χ2n) is 6.71. The van der Waals surface area contributed by atoms with Crippen molar-refractivity contribution in [3.05, 3.63) is 59.4 Å². The van der Waals surface area contributed by atoms with Gasteiger partial charge in [0.15, 0.2) is 5.11 Å². The summed E-state index contributed by atoms with van der Waals surface area (Å²) in [5.74, 6) is 0. The molecule has 0 bridgehead atoms. The summed E-state index contributed by atoms with van der Waals surface area (Å²) >= 11 is 5.76. The summed E-state index contributed by atoms with van der Waals surface area (Å²) in [4.78, 5) is 8.65. The van der Waals surface area contributed by atoms with Crippen molar-refractivity contribution in [1.82, 2.24) is 14.8 Å². The molecule has 0 aliphatic rings. The summed E-state index contributed by atoms with van der Waals surface area (Å²) in [6, 6.07) is 10.6. The number of nitrogens with zero attached hydrogens (tertiary/aromatic N) is 3. The molecule has 134 valence electrons. The number of benzene rings is 1. The van der Waals surface area contributed by atoms with Crippen molar-refractivity contribution in [2.45, 2.75) is 26.8 Å². The van der Waals surface area contributed by atoms with Crippen LogP contribution < -0.4 is 5.32 Å². The number of aromatic nitrogens is 1. The lowest BCUT2D eigenvalue weighted by molar-refractivity contribution is 0.289. The number of nitrogens with one attached hydrogen (secondary N) is 1. The van der Waals surface area contributed by atoms with Gasteiger partial charge in [-0.3, -0.25) is 4.98 Å². The van der Waals surface area contributed by atoms with E-state index in [1.165, 1.54) is 11.1 Å². The van der Waals surface area contributed by atoms with Crippen LogP contribution in [0.3, 0.4) is 0 Å². The molecular formula is C20H28N4S. The van der Waals surface area contributed by atoms with Crippen LogP contribution in [0.4, 0.5) is 5.69 Å². The second kappa shape index (κ2) is 8.92. The van der Waals surface area contributed by atoms with Gasteiger partial charge >= 0.3 is 0 Å². The van der Waals surface area contributed by atoms with Crippen LogP contribution in [0.15, 0.2) is 42.7 Å². The molecule has 0 fully saturated rings. The van der Waals surface area contributed by atoms with E-state index in [1.54, 1.807) is 6.20 Å². The summed E-state index contributed by atoms with van der Waals surface area (Å²) < 4.78 is 0. The van der Waals surface area contributed by atoms with Crippen LogP contribution in [-0.4, -0.2) is 47.1 Å². The number of likely N-dealkylation sites (N-methyl/N-ethyl adjacent to an activating group) is 1. The van der Waals surface area contributed by atoms with Crippen LogP contribution in [-0.2, 0) is 0 Å². The number of anilines is 1. The molecule has 1 aromatic carbocycles. The van der Waals surface area contributed by atoms with Crippen molar-refractivity contribution < 1.29 is 0 Å². The van der Waals surface area contributed by atoms with Crippen LogP contribution in [0.2, 0.25) is 0 Å². The van der Waals surface area contributed by atoms with E-state index in [2.05, 4.69) is 79.2 Å². The SMILES string of the molecule is Cc1ccc(C)c(NC(=S)N(CCN(C)C)[C@@H](C)c2cccnc2)c1. The molecule has 2 rings (SSSR count). The number of hydrogen-bond acceptors (Lipinski definition) is 3. The number of aryl methyl sites for hydroxylation is 2. The molecule has 1 heterocycles. The van der Waals surface area contributed by atoms with Crippen molar-refractivity contribution in [1.29, 1.82) is 0 Å². The summed E-state index contributed by atoms with van der Waals surface area (Å²) in [7, 11) is 4.15. The van der Waals surface area contributed by atoms with Gasteiger partial charge in [-0.2, -0.15) is 0 Å². The molecule has 0 saturated heterocycles. The Morgan fingerprint density at radius 1 is 1.20 bits per heavy atom. The summed E-state index contributed by atoms with van der Waals surface area (Å²) in [5, 5.41) is 4.19. The molecule has 0 radical (unpaired) electrons. The van der Waals surface area contributed by atoms with Gasteiger partial charge < -0.3 is 15.1 Å². The molecule has 0 unspecified atom stereocenters. The first-order chi connectivity index (χ1) is 11.9. The molecule has 0 amide bonds. The van der Waals surface area contributed by atoms with Gasteiger partial charge in [0.05, 0.1) is 6.04 Å². The smallest absolute Gasteiger partial charge is 0.173 e. The Morgan fingerprint density at radius 3 is 2.60 bits per heavy atom. The average Bonchev–Trinajstić information content (AvgIpc) is 2.58. The predicted molar refractivity (Wildman–Crippen MR) is 110 cm³/mol. The normalized spacial score (nSPS) is 12.1. The fourth-order valence-corrected chi connectivity index (χ4v) is 3.00. The lowest BCUT2D eigenvalue weighted by atomic mass is 10.1. The van der Waals surface area contributed by atoms with Gasteiger partial charge in [0.1, 0.15) is 0 Å². The first-order valence-corrected chi connectivity index (χ1v) is 8.99. The summed E-state index contributed by atoms with van der Waals surface area (Å²) in [6.07, 6.45) is 3.71. The first kappa shape index (κ1) is 19.3. The molecule has 1 aromatic heterocycles. The van der Waals surface area contributed by atoms with Crippen molar-refractivity contribution in [3.8, 4) is 0 Å². The Hall–Kier alpha value is -1.98. The molecule has 0 saturated carbocycles. The zero-order chi connectivity index (χ0) is 18.4. The van der Waals surface area contributed by atoms with E-state index in [4.69, 9.17) is 12.2 Å². The van der Waals surface area contributed by atoms with Crippen LogP contribution in [0, 0.1) is 13.8 Å². The number of hydrogen-bond donors (Lipinski definition) is 1. The largest absolute Gasteiger partial charge is 0.341 e. The Morgan fingerprint density at radius 2 is 1.96 bits per heavy atom. The monoisotopic (exact) mass is 356 g/mol. The van der Waals surface area contributed by atoms with Crippen LogP contribution >= 0.6 is 12.2 Å². The van der Waals surface area contributed by atoms with Crippen LogP contribution in [0.1, 0.15) is 29.7 Å². The van der Waals surface area contributed by atoms with Crippen LogP contribution in [0.25, 0.3) is 0 Å². The lowest BCUT2D eigenvalue weighted by Gasteiger charge is -2.33. The van der Waals surface area contributed by atoms with Gasteiger partial charge in [0.2, 0.25) is 0 Å². The molecule has 0 spiro atoms. The van der Waals surface area contributed by atoms with E-state index in [0.29, 0.717) is 0 Å². The minimum absolute atomic E-state index is 0.152. The van der Waals surface area contributed by atoms with Crippen molar-refractivity contribution in [2.24, 2.45) is 0 Å². The minimum Gasteiger partial charge on any atom is -0.341 e. The molecule has 1 N–H and O–H groups in total. The molecular weight excluding hydrogens is 328 g/mol. The van der Waals surface area contributed by atoms with Gasteiger partial charge in [-0.25, -0.2) is 0 Å². The predicted octanol–water partition coefficient (Wildman–Crippen LogP) is 4.02. The number of rotatable bonds is 6. The highest BCUT2D eigenvalue weighted by Gasteiger charge is 2.19. The molecule has 5 heteroatoms. The van der Waals surface area contributed by atoms with Crippen molar-refractivity contribution >= 4 is 23.0 Å². The second-order valence-corrected chi connectivity index (χ2v) is 7.09. The Kier molecular flexibility index (Phi) is 6.91. The lowest BCUT2D eigenvalue weighted by Crippen LogP contribution is -2.41. The summed E-state index contributed by atoms with van der Waals surface area (Å²) in [6.45, 7) is 8.14. The molecule has 2 aromatic rings. The third kappa shape index (κ3) is 5.51. The summed E-state index contributed by atoms with van der Waals surface area (Å²) in [5.41, 5.74) is 4.63. The minimum atomic E-state index is 0.152.